The summed E-state index contributed by atoms with van der Waals surface area (Å²) in [5.74, 6) is 7.44. The van der Waals surface area contributed by atoms with Gasteiger partial charge in [-0.25, -0.2) is 0 Å². The van der Waals surface area contributed by atoms with Crippen LogP contribution < -0.4 is 5.32 Å². The van der Waals surface area contributed by atoms with E-state index in [0.29, 0.717) is 11.8 Å². The topological polar surface area (TPSA) is 35.5 Å². The van der Waals surface area contributed by atoms with Crippen molar-refractivity contribution in [2.45, 2.75) is 44.6 Å². The molecule has 130 valence electrons. The number of hydrogen-bond acceptors (Lipinski definition) is 3. The number of nitrogens with one attached hydrogen (secondary N) is 1. The molecule has 3 nitrogen and oxygen atoms in total. The molecule has 1 saturated carbocycles. The lowest BCUT2D eigenvalue weighted by atomic mass is 9.75. The third-order valence-electron chi connectivity index (χ3n) is 5.56. The van der Waals surface area contributed by atoms with Gasteiger partial charge in [0.05, 0.1) is 6.10 Å². The summed E-state index contributed by atoms with van der Waals surface area (Å²) < 4.78 is 0. The van der Waals surface area contributed by atoms with Gasteiger partial charge in [-0.3, -0.25) is 0 Å². The Labute approximate surface area is 146 Å². The number of rotatable bonds is 4. The van der Waals surface area contributed by atoms with Crippen molar-refractivity contribution in [1.29, 1.82) is 0 Å². The third-order valence-corrected chi connectivity index (χ3v) is 5.56. The van der Waals surface area contributed by atoms with E-state index in [4.69, 9.17) is 0 Å². The van der Waals surface area contributed by atoms with Gasteiger partial charge in [-0.2, -0.15) is 0 Å². The van der Waals surface area contributed by atoms with Gasteiger partial charge in [0.1, 0.15) is 0 Å². The van der Waals surface area contributed by atoms with Crippen molar-refractivity contribution in [3.63, 3.8) is 0 Å². The van der Waals surface area contributed by atoms with Gasteiger partial charge in [0.2, 0.25) is 0 Å². The summed E-state index contributed by atoms with van der Waals surface area (Å²) in [5, 5.41) is 13.3. The second-order valence-corrected chi connectivity index (χ2v) is 7.23. The third kappa shape index (κ3) is 4.60. The van der Waals surface area contributed by atoms with Gasteiger partial charge >= 0.3 is 0 Å². The van der Waals surface area contributed by atoms with Gasteiger partial charge in [0, 0.05) is 38.3 Å². The summed E-state index contributed by atoms with van der Waals surface area (Å²) in [6.45, 7) is 7.49. The Kier molecular flexibility index (Phi) is 6.31. The predicted molar refractivity (Wildman–Crippen MR) is 99.0 cm³/mol. The Bertz CT molecular complexity index is 575. The van der Waals surface area contributed by atoms with Crippen molar-refractivity contribution >= 4 is 0 Å². The molecule has 1 heterocycles. The number of aliphatic hydroxyl groups excluding tert-OH is 1. The van der Waals surface area contributed by atoms with E-state index in [1.807, 2.05) is 6.92 Å². The Morgan fingerprint density at radius 2 is 1.96 bits per heavy atom. The number of benzene rings is 1. The standard InChI is InChI=1S/C21H30N2O/c1-2-4-17-5-3-6-19(15-17)21(16-23-13-11-22-12-14-23)18-7-9-20(24)10-8-18/h3,5-6,15,18,20-22,24H,7-14,16H2,1H3. The fourth-order valence-corrected chi connectivity index (χ4v) is 4.19. The van der Waals surface area contributed by atoms with Crippen LogP contribution in [-0.4, -0.2) is 48.8 Å². The second kappa shape index (κ2) is 8.67. The first-order valence-corrected chi connectivity index (χ1v) is 9.40. The highest BCUT2D eigenvalue weighted by Crippen LogP contribution is 2.37. The van der Waals surface area contributed by atoms with Crippen molar-refractivity contribution in [3.8, 4) is 11.8 Å². The zero-order chi connectivity index (χ0) is 16.8. The molecule has 2 fully saturated rings. The summed E-state index contributed by atoms with van der Waals surface area (Å²) in [6.07, 6.45) is 4.11. The summed E-state index contributed by atoms with van der Waals surface area (Å²) >= 11 is 0. The lowest BCUT2D eigenvalue weighted by molar-refractivity contribution is 0.0932. The van der Waals surface area contributed by atoms with Gasteiger partial charge in [0.25, 0.3) is 0 Å². The molecular formula is C21H30N2O. The summed E-state index contributed by atoms with van der Waals surface area (Å²) in [6, 6.07) is 8.82. The SMILES string of the molecule is CC#Cc1cccc(C(CN2CCNCC2)C2CCC(O)CC2)c1. The van der Waals surface area contributed by atoms with E-state index in [9.17, 15) is 5.11 Å². The zero-order valence-corrected chi connectivity index (χ0v) is 14.8. The van der Waals surface area contributed by atoms with Crippen LogP contribution >= 0.6 is 0 Å². The molecule has 0 bridgehead atoms. The molecule has 3 rings (SSSR count). The van der Waals surface area contributed by atoms with E-state index in [2.05, 4.69) is 46.3 Å². The van der Waals surface area contributed by atoms with Crippen molar-refractivity contribution in [3.05, 3.63) is 35.4 Å². The Balaban J connectivity index is 1.79. The van der Waals surface area contributed by atoms with E-state index in [1.54, 1.807) is 0 Å². The van der Waals surface area contributed by atoms with E-state index in [1.165, 1.54) is 5.56 Å². The maximum absolute atomic E-state index is 9.88. The normalized spacial score (nSPS) is 26.4. The monoisotopic (exact) mass is 326 g/mol. The predicted octanol–water partition coefficient (Wildman–Crippen LogP) is 2.60. The van der Waals surface area contributed by atoms with Crippen molar-refractivity contribution in [2.24, 2.45) is 5.92 Å². The molecule has 0 amide bonds. The highest BCUT2D eigenvalue weighted by Gasteiger charge is 2.29. The molecule has 1 aliphatic carbocycles. The molecule has 1 atom stereocenters. The fourth-order valence-electron chi connectivity index (χ4n) is 4.19. The van der Waals surface area contributed by atoms with Crippen LogP contribution in [0.2, 0.25) is 0 Å². The van der Waals surface area contributed by atoms with Crippen LogP contribution in [0.4, 0.5) is 0 Å². The minimum absolute atomic E-state index is 0.0848. The molecule has 0 aromatic heterocycles. The Hall–Kier alpha value is -1.34. The average molecular weight is 326 g/mol. The van der Waals surface area contributed by atoms with Gasteiger partial charge in [-0.15, -0.1) is 5.92 Å². The van der Waals surface area contributed by atoms with Gasteiger partial charge < -0.3 is 15.3 Å². The first-order chi connectivity index (χ1) is 11.8. The summed E-state index contributed by atoms with van der Waals surface area (Å²) in [4.78, 5) is 2.60. The van der Waals surface area contributed by atoms with Crippen molar-refractivity contribution < 1.29 is 5.11 Å². The molecule has 1 saturated heterocycles. The molecule has 1 aliphatic heterocycles. The van der Waals surface area contributed by atoms with Crippen LogP contribution in [0.3, 0.4) is 0 Å². The van der Waals surface area contributed by atoms with Crippen LogP contribution in [0.15, 0.2) is 24.3 Å². The van der Waals surface area contributed by atoms with E-state index in [0.717, 1.165) is 64.0 Å². The molecule has 2 N–H and O–H groups in total. The molecule has 1 aromatic carbocycles. The van der Waals surface area contributed by atoms with Gasteiger partial charge in [-0.1, -0.05) is 18.1 Å². The molecule has 0 spiro atoms. The number of hydrogen-bond donors (Lipinski definition) is 2. The van der Waals surface area contributed by atoms with Gasteiger partial charge in [-0.05, 0) is 62.1 Å². The number of aliphatic hydroxyl groups is 1. The minimum atomic E-state index is -0.0848. The largest absolute Gasteiger partial charge is 0.393 e. The Morgan fingerprint density at radius 3 is 2.67 bits per heavy atom. The van der Waals surface area contributed by atoms with Crippen LogP contribution in [0.25, 0.3) is 0 Å². The minimum Gasteiger partial charge on any atom is -0.393 e. The van der Waals surface area contributed by atoms with Gasteiger partial charge in [0.15, 0.2) is 0 Å². The fraction of sp³-hybridized carbons (Fsp3) is 0.619. The average Bonchev–Trinajstić information content (AvgIpc) is 2.62. The molecule has 2 aliphatic rings. The quantitative estimate of drug-likeness (QED) is 0.835. The summed E-state index contributed by atoms with van der Waals surface area (Å²) in [5.41, 5.74) is 2.55. The maximum atomic E-state index is 9.88. The summed E-state index contributed by atoms with van der Waals surface area (Å²) in [7, 11) is 0. The molecule has 1 aromatic rings. The molecule has 0 radical (unpaired) electrons. The number of piperazine rings is 1. The van der Waals surface area contributed by atoms with Crippen LogP contribution in [0.1, 0.15) is 49.7 Å². The Morgan fingerprint density at radius 1 is 1.21 bits per heavy atom. The number of nitrogens with zero attached hydrogens (tertiary/aromatic N) is 1. The zero-order valence-electron chi connectivity index (χ0n) is 14.8. The van der Waals surface area contributed by atoms with Crippen LogP contribution in [0, 0.1) is 17.8 Å². The van der Waals surface area contributed by atoms with Crippen LogP contribution in [-0.2, 0) is 0 Å². The lowest BCUT2D eigenvalue weighted by Gasteiger charge is -2.37. The van der Waals surface area contributed by atoms with E-state index in [-0.39, 0.29) is 6.10 Å². The highest BCUT2D eigenvalue weighted by molar-refractivity contribution is 5.38. The van der Waals surface area contributed by atoms with Crippen molar-refractivity contribution in [2.75, 3.05) is 32.7 Å². The first-order valence-electron chi connectivity index (χ1n) is 9.40. The molecular weight excluding hydrogens is 296 g/mol. The lowest BCUT2D eigenvalue weighted by Crippen LogP contribution is -2.46. The van der Waals surface area contributed by atoms with E-state index < -0.39 is 0 Å². The maximum Gasteiger partial charge on any atom is 0.0540 e. The smallest absolute Gasteiger partial charge is 0.0540 e. The molecule has 3 heteroatoms. The van der Waals surface area contributed by atoms with E-state index >= 15 is 0 Å². The second-order valence-electron chi connectivity index (χ2n) is 7.23. The first kappa shape index (κ1) is 17.5. The van der Waals surface area contributed by atoms with Crippen molar-refractivity contribution in [1.82, 2.24) is 10.2 Å². The molecule has 1 unspecified atom stereocenters. The molecule has 24 heavy (non-hydrogen) atoms. The highest BCUT2D eigenvalue weighted by atomic mass is 16.3. The van der Waals surface area contributed by atoms with Crippen LogP contribution in [0.5, 0.6) is 0 Å².